The molecule has 0 bridgehead atoms. The molecule has 1 aliphatic heterocycles. The first-order valence-corrected chi connectivity index (χ1v) is 12.9. The van der Waals surface area contributed by atoms with E-state index in [0.717, 1.165) is 5.56 Å². The van der Waals surface area contributed by atoms with Crippen LogP contribution in [0.25, 0.3) is 5.65 Å². The third kappa shape index (κ3) is 7.09. The van der Waals surface area contributed by atoms with Crippen molar-refractivity contribution in [3.8, 4) is 0 Å². The van der Waals surface area contributed by atoms with Gasteiger partial charge in [-0.1, -0.05) is 36.4 Å². The van der Waals surface area contributed by atoms with E-state index in [1.807, 2.05) is 30.3 Å². The van der Waals surface area contributed by atoms with Gasteiger partial charge in [-0.05, 0) is 44.4 Å². The number of hydrogen-bond acceptors (Lipinski definition) is 8. The molecule has 5 N–H and O–H groups in total. The number of aromatic nitrogens is 3. The molecule has 12 nitrogen and oxygen atoms in total. The van der Waals surface area contributed by atoms with Gasteiger partial charge in [-0.2, -0.15) is 0 Å². The maximum absolute atomic E-state index is 12.8. The van der Waals surface area contributed by atoms with E-state index in [2.05, 4.69) is 15.5 Å². The highest BCUT2D eigenvalue weighted by atomic mass is 16.6. The lowest BCUT2D eigenvalue weighted by atomic mass is 9.98. The molecule has 208 valence electrons. The number of pyridine rings is 1. The zero-order valence-electron chi connectivity index (χ0n) is 22.2. The molecule has 12 heteroatoms. The van der Waals surface area contributed by atoms with Crippen LogP contribution in [0.1, 0.15) is 49.8 Å². The van der Waals surface area contributed by atoms with Gasteiger partial charge in [-0.25, -0.2) is 4.79 Å². The Kier molecular flexibility index (Phi) is 8.77. The van der Waals surface area contributed by atoms with E-state index in [4.69, 9.17) is 20.9 Å². The molecule has 0 aliphatic carbocycles. The number of carbonyl (C=O) groups is 3. The average molecular weight is 538 g/mol. The van der Waals surface area contributed by atoms with Gasteiger partial charge in [0.15, 0.2) is 11.5 Å². The number of ether oxygens (including phenoxy) is 2. The Labute approximate surface area is 226 Å². The molecule has 1 saturated heterocycles. The molecule has 2 atom stereocenters. The van der Waals surface area contributed by atoms with Gasteiger partial charge in [-0.3, -0.25) is 14.0 Å². The van der Waals surface area contributed by atoms with Gasteiger partial charge >= 0.3 is 6.09 Å². The van der Waals surface area contributed by atoms with E-state index in [1.165, 1.54) is 4.90 Å². The summed E-state index contributed by atoms with van der Waals surface area (Å²) in [4.78, 5) is 38.7. The standard InChI is InChI=1S/C27H35N7O5/c1-27(2,29)25(36)30-21(17-38-15-18-8-4-3-5-9-18)24-32-31-22-12-6-11-20(34(22)24)16-39-26(37)33-13-7-10-19(14-33)23(28)35/h3-6,8-9,11-12,19,21H,7,10,13-17,29H2,1-2H3,(H2,28,35)(H,30,36)/t19?,21-/m1/s1. The zero-order valence-corrected chi connectivity index (χ0v) is 22.2. The predicted molar refractivity (Wildman–Crippen MR) is 142 cm³/mol. The van der Waals surface area contributed by atoms with Crippen molar-refractivity contribution in [3.63, 3.8) is 0 Å². The second kappa shape index (κ2) is 12.2. The molecular weight excluding hydrogens is 502 g/mol. The molecule has 0 saturated carbocycles. The second-order valence-electron chi connectivity index (χ2n) is 10.3. The largest absolute Gasteiger partial charge is 0.443 e. The van der Waals surface area contributed by atoms with Crippen molar-refractivity contribution in [3.05, 3.63) is 65.6 Å². The summed E-state index contributed by atoms with van der Waals surface area (Å²) in [5, 5.41) is 11.5. The first-order valence-electron chi connectivity index (χ1n) is 12.9. The summed E-state index contributed by atoms with van der Waals surface area (Å²) >= 11 is 0. The SMILES string of the molecule is CC(C)(N)C(=O)N[C@H](COCc1ccccc1)c1nnc2cccc(COC(=O)N3CCCC(C(N)=O)C3)n12. The zero-order chi connectivity index (χ0) is 28.0. The van der Waals surface area contributed by atoms with Crippen LogP contribution in [0.5, 0.6) is 0 Å². The molecule has 0 radical (unpaired) electrons. The minimum Gasteiger partial charge on any atom is -0.443 e. The van der Waals surface area contributed by atoms with Crippen LogP contribution in [0.4, 0.5) is 4.79 Å². The van der Waals surface area contributed by atoms with E-state index in [-0.39, 0.29) is 31.6 Å². The molecule has 3 heterocycles. The molecule has 1 fully saturated rings. The van der Waals surface area contributed by atoms with Crippen LogP contribution in [0.15, 0.2) is 48.5 Å². The highest BCUT2D eigenvalue weighted by Crippen LogP contribution is 2.20. The fourth-order valence-corrected chi connectivity index (χ4v) is 4.37. The number of piperidine rings is 1. The third-order valence-electron chi connectivity index (χ3n) is 6.56. The Balaban J connectivity index is 1.53. The number of fused-ring (bicyclic) bond motifs is 1. The van der Waals surface area contributed by atoms with Gasteiger partial charge in [0.25, 0.3) is 0 Å². The average Bonchev–Trinajstić information content (AvgIpc) is 3.36. The van der Waals surface area contributed by atoms with Gasteiger partial charge in [-0.15, -0.1) is 10.2 Å². The molecule has 0 spiro atoms. The van der Waals surface area contributed by atoms with Gasteiger partial charge < -0.3 is 31.2 Å². The van der Waals surface area contributed by atoms with Crippen LogP contribution in [0.2, 0.25) is 0 Å². The maximum Gasteiger partial charge on any atom is 0.410 e. The molecule has 4 rings (SSSR count). The summed E-state index contributed by atoms with van der Waals surface area (Å²) in [5.41, 5.74) is 12.4. The van der Waals surface area contributed by atoms with Gasteiger partial charge in [0.05, 0.1) is 30.4 Å². The molecule has 39 heavy (non-hydrogen) atoms. The molecule has 1 aromatic carbocycles. The monoisotopic (exact) mass is 537 g/mol. The lowest BCUT2D eigenvalue weighted by molar-refractivity contribution is -0.126. The summed E-state index contributed by atoms with van der Waals surface area (Å²) in [6.07, 6.45) is 0.797. The Morgan fingerprint density at radius 1 is 1.10 bits per heavy atom. The highest BCUT2D eigenvalue weighted by molar-refractivity contribution is 5.85. The number of nitrogens with zero attached hydrogens (tertiary/aromatic N) is 4. The van der Waals surface area contributed by atoms with Crippen LogP contribution >= 0.6 is 0 Å². The quantitative estimate of drug-likeness (QED) is 0.351. The van der Waals surface area contributed by atoms with E-state index in [0.29, 0.717) is 43.2 Å². The van der Waals surface area contributed by atoms with Gasteiger partial charge in [0.1, 0.15) is 12.6 Å². The lowest BCUT2D eigenvalue weighted by Crippen LogP contribution is -2.51. The molecule has 3 aromatic rings. The first-order chi connectivity index (χ1) is 18.6. The summed E-state index contributed by atoms with van der Waals surface area (Å²) in [7, 11) is 0. The highest BCUT2D eigenvalue weighted by Gasteiger charge is 2.30. The fraction of sp³-hybridized carbons (Fsp3) is 0.444. The Morgan fingerprint density at radius 3 is 2.59 bits per heavy atom. The number of nitrogens with one attached hydrogen (secondary N) is 1. The van der Waals surface area contributed by atoms with Crippen molar-refractivity contribution in [1.29, 1.82) is 0 Å². The predicted octanol–water partition coefficient (Wildman–Crippen LogP) is 1.67. The topological polar surface area (TPSA) is 167 Å². The number of carbonyl (C=O) groups excluding carboxylic acids is 3. The molecule has 3 amide bonds. The van der Waals surface area contributed by atoms with E-state index in [9.17, 15) is 14.4 Å². The van der Waals surface area contributed by atoms with Crippen molar-refractivity contribution in [2.75, 3.05) is 19.7 Å². The molecule has 2 aromatic heterocycles. The van der Waals surface area contributed by atoms with Crippen LogP contribution < -0.4 is 16.8 Å². The van der Waals surface area contributed by atoms with Crippen LogP contribution in [0, 0.1) is 5.92 Å². The van der Waals surface area contributed by atoms with Crippen LogP contribution in [0.3, 0.4) is 0 Å². The number of primary amides is 1. The minimum absolute atomic E-state index is 0.0765. The number of nitrogens with two attached hydrogens (primary N) is 2. The van der Waals surface area contributed by atoms with E-state index >= 15 is 0 Å². The number of hydrogen-bond donors (Lipinski definition) is 3. The fourth-order valence-electron chi connectivity index (χ4n) is 4.37. The Bertz CT molecular complexity index is 1300. The van der Waals surface area contributed by atoms with Crippen molar-refractivity contribution in [1.82, 2.24) is 24.8 Å². The Morgan fingerprint density at radius 2 is 1.87 bits per heavy atom. The number of amides is 3. The second-order valence-corrected chi connectivity index (χ2v) is 10.3. The smallest absolute Gasteiger partial charge is 0.410 e. The lowest BCUT2D eigenvalue weighted by Gasteiger charge is -2.30. The van der Waals surface area contributed by atoms with Crippen molar-refractivity contribution in [2.45, 2.75) is 51.5 Å². The molecule has 1 unspecified atom stereocenters. The van der Waals surface area contributed by atoms with Crippen LogP contribution in [-0.2, 0) is 32.3 Å². The van der Waals surface area contributed by atoms with Crippen LogP contribution in [-0.4, -0.2) is 62.6 Å². The summed E-state index contributed by atoms with van der Waals surface area (Å²) in [6, 6.07) is 14.3. The first kappa shape index (κ1) is 28.0. The molecule has 1 aliphatic rings. The summed E-state index contributed by atoms with van der Waals surface area (Å²) in [6.45, 7) is 4.31. The third-order valence-corrected chi connectivity index (χ3v) is 6.56. The minimum atomic E-state index is -1.13. The number of benzene rings is 1. The van der Waals surface area contributed by atoms with E-state index < -0.39 is 23.6 Å². The van der Waals surface area contributed by atoms with Gasteiger partial charge in [0, 0.05) is 13.1 Å². The van der Waals surface area contributed by atoms with Crippen molar-refractivity contribution in [2.24, 2.45) is 17.4 Å². The summed E-state index contributed by atoms with van der Waals surface area (Å²) < 4.78 is 13.3. The van der Waals surface area contributed by atoms with Gasteiger partial charge in [0.2, 0.25) is 11.8 Å². The van der Waals surface area contributed by atoms with Crippen molar-refractivity contribution >= 4 is 23.6 Å². The number of likely N-dealkylation sites (tertiary alicyclic amines) is 1. The Hall–Kier alpha value is -4.03. The summed E-state index contributed by atoms with van der Waals surface area (Å²) in [5.74, 6) is -0.777. The normalized spacial score (nSPS) is 16.6. The number of rotatable bonds is 10. The van der Waals surface area contributed by atoms with E-state index in [1.54, 1.807) is 36.4 Å². The molecular formula is C27H35N7O5. The maximum atomic E-state index is 12.8. The van der Waals surface area contributed by atoms with Crippen molar-refractivity contribution < 1.29 is 23.9 Å².